The highest BCUT2D eigenvalue weighted by Crippen LogP contribution is 2.32. The molecule has 0 aliphatic carbocycles. The molecule has 12 nitrogen and oxygen atoms in total. The molecule has 0 radical (unpaired) electrons. The fourth-order valence-electron chi connectivity index (χ4n) is 4.24. The summed E-state index contributed by atoms with van der Waals surface area (Å²) in [4.78, 5) is 40.3. The van der Waals surface area contributed by atoms with Gasteiger partial charge in [-0.15, -0.1) is 0 Å². The first-order valence-corrected chi connectivity index (χ1v) is 11.6. The molecule has 1 saturated heterocycles. The van der Waals surface area contributed by atoms with Gasteiger partial charge in [-0.1, -0.05) is 0 Å². The molecule has 4 aromatic rings. The number of fused-ring (bicyclic) bond motifs is 1. The van der Waals surface area contributed by atoms with Crippen molar-refractivity contribution in [1.82, 2.24) is 34.7 Å². The first kappa shape index (κ1) is 23.4. The van der Waals surface area contributed by atoms with Gasteiger partial charge in [0.05, 0.1) is 26.6 Å². The standard InChI is InChI=1S/C24H27N9O3/c1-15-29-20(21-23(30-15)28-14-27-21)18-10-16(13-32-6-8-33(9-7-32)24(34)36-3)11-26-22(18)31-17-4-5-19(35-2)25-12-17/h4-5,10-12,14H,6-9,13H2,1-3H3,(H,26,31)(H,27,28,29,30)/p+1. The molecule has 1 aliphatic heterocycles. The van der Waals surface area contributed by atoms with E-state index in [1.165, 1.54) is 7.11 Å². The van der Waals surface area contributed by atoms with Crippen molar-refractivity contribution in [2.45, 2.75) is 13.5 Å². The molecule has 36 heavy (non-hydrogen) atoms. The van der Waals surface area contributed by atoms with Gasteiger partial charge >= 0.3 is 12.0 Å². The normalized spacial score (nSPS) is 14.1. The third-order valence-corrected chi connectivity index (χ3v) is 6.08. The summed E-state index contributed by atoms with van der Waals surface area (Å²) >= 11 is 0. The second kappa shape index (κ2) is 10.1. The molecule has 0 unspecified atom stereocenters. The van der Waals surface area contributed by atoms with E-state index in [1.807, 2.05) is 31.5 Å². The van der Waals surface area contributed by atoms with Crippen LogP contribution in [0.15, 0.2) is 36.9 Å². The molecular weight excluding hydrogens is 462 g/mol. The van der Waals surface area contributed by atoms with Crippen LogP contribution >= 0.6 is 0 Å². The van der Waals surface area contributed by atoms with Crippen LogP contribution in [0.2, 0.25) is 0 Å². The second-order valence-corrected chi connectivity index (χ2v) is 8.46. The van der Waals surface area contributed by atoms with Gasteiger partial charge in [-0.3, -0.25) is 4.90 Å². The molecule has 1 fully saturated rings. The monoisotopic (exact) mass is 490 g/mol. The first-order chi connectivity index (χ1) is 17.5. The van der Waals surface area contributed by atoms with Gasteiger partial charge < -0.3 is 24.7 Å². The number of rotatable bonds is 6. The number of piperazine rings is 1. The highest BCUT2D eigenvalue weighted by atomic mass is 16.5. The average Bonchev–Trinajstić information content (AvgIpc) is 3.38. The maximum absolute atomic E-state index is 11.8. The van der Waals surface area contributed by atoms with Crippen LogP contribution in [0, 0.1) is 6.92 Å². The molecule has 3 N–H and O–H groups in total. The van der Waals surface area contributed by atoms with Crippen molar-refractivity contribution in [3.05, 3.63) is 48.3 Å². The van der Waals surface area contributed by atoms with Crippen molar-refractivity contribution in [2.75, 3.05) is 45.7 Å². The molecule has 0 saturated carbocycles. The zero-order valence-electron chi connectivity index (χ0n) is 20.4. The van der Waals surface area contributed by atoms with Crippen molar-refractivity contribution in [2.24, 2.45) is 0 Å². The van der Waals surface area contributed by atoms with Crippen LogP contribution in [0.4, 0.5) is 16.3 Å². The number of H-pyrrole nitrogens is 2. The summed E-state index contributed by atoms with van der Waals surface area (Å²) < 4.78 is 10.1. The Kier molecular flexibility index (Phi) is 6.58. The fraction of sp³-hybridized carbons (Fsp3) is 0.333. The number of aromatic amines is 2. The lowest BCUT2D eigenvalue weighted by atomic mass is 10.1. The van der Waals surface area contributed by atoms with Crippen molar-refractivity contribution >= 4 is 28.8 Å². The number of amides is 1. The smallest absolute Gasteiger partial charge is 0.409 e. The van der Waals surface area contributed by atoms with Gasteiger partial charge in [0.2, 0.25) is 0 Å². The number of methoxy groups -OCH3 is 2. The lowest BCUT2D eigenvalue weighted by molar-refractivity contribution is -0.392. The van der Waals surface area contributed by atoms with Gasteiger partial charge in [0.1, 0.15) is 28.5 Å². The number of hydrogen-bond acceptors (Lipinski definition) is 9. The van der Waals surface area contributed by atoms with Crippen LogP contribution in [0.3, 0.4) is 0 Å². The minimum Gasteiger partial charge on any atom is -0.453 e. The van der Waals surface area contributed by atoms with E-state index >= 15 is 0 Å². The second-order valence-electron chi connectivity index (χ2n) is 8.46. The van der Waals surface area contributed by atoms with Gasteiger partial charge in [-0.2, -0.15) is 4.98 Å². The molecule has 0 bridgehead atoms. The lowest BCUT2D eigenvalue weighted by Gasteiger charge is -2.33. The Morgan fingerprint density at radius 2 is 2.00 bits per heavy atom. The summed E-state index contributed by atoms with van der Waals surface area (Å²) in [5.41, 5.74) is 4.76. The van der Waals surface area contributed by atoms with Gasteiger partial charge in [0, 0.05) is 44.5 Å². The number of anilines is 2. The van der Waals surface area contributed by atoms with E-state index in [0.717, 1.165) is 41.1 Å². The molecule has 4 aromatic heterocycles. The predicted molar refractivity (Wildman–Crippen MR) is 132 cm³/mol. The average molecular weight is 491 g/mol. The number of carbonyl (C=O) groups excluding carboxylic acids is 1. The van der Waals surface area contributed by atoms with E-state index in [4.69, 9.17) is 19.4 Å². The first-order valence-electron chi connectivity index (χ1n) is 11.6. The maximum Gasteiger partial charge on any atom is 0.409 e. The lowest BCUT2D eigenvalue weighted by Crippen LogP contribution is -2.48. The van der Waals surface area contributed by atoms with Crippen LogP contribution in [0.5, 0.6) is 5.88 Å². The van der Waals surface area contributed by atoms with Crippen LogP contribution in [-0.2, 0) is 11.3 Å². The quantitative estimate of drug-likeness (QED) is 0.417. The SMILES string of the molecule is COC(=O)N1CCN(Cc2cnc(Nc3ccc(OC)[nH+]c3)c(-c3nc(C)nc4nc[nH]c34)c2)CC1. The summed E-state index contributed by atoms with van der Waals surface area (Å²) in [6.45, 7) is 5.30. The number of nitrogens with one attached hydrogen (secondary N) is 3. The molecule has 1 amide bonds. The number of carbonyl (C=O) groups is 1. The predicted octanol–water partition coefficient (Wildman–Crippen LogP) is 2.17. The number of pyridine rings is 2. The molecule has 0 atom stereocenters. The maximum atomic E-state index is 11.8. The Hall–Kier alpha value is -4.32. The summed E-state index contributed by atoms with van der Waals surface area (Å²) in [6.07, 6.45) is 5.01. The Balaban J connectivity index is 1.46. The Morgan fingerprint density at radius 1 is 1.17 bits per heavy atom. The fourth-order valence-corrected chi connectivity index (χ4v) is 4.24. The Morgan fingerprint density at radius 3 is 2.72 bits per heavy atom. The number of ether oxygens (including phenoxy) is 2. The molecule has 12 heteroatoms. The van der Waals surface area contributed by atoms with E-state index in [9.17, 15) is 4.79 Å². The summed E-state index contributed by atoms with van der Waals surface area (Å²) in [5, 5.41) is 3.39. The third-order valence-electron chi connectivity index (χ3n) is 6.08. The number of nitrogens with zero attached hydrogens (tertiary/aromatic N) is 6. The molecule has 1 aliphatic rings. The van der Waals surface area contributed by atoms with Crippen molar-refractivity contribution in [3.8, 4) is 17.1 Å². The summed E-state index contributed by atoms with van der Waals surface area (Å²) in [7, 11) is 3.02. The van der Waals surface area contributed by atoms with Crippen molar-refractivity contribution in [1.29, 1.82) is 0 Å². The van der Waals surface area contributed by atoms with Crippen LogP contribution < -0.4 is 15.0 Å². The minimum absolute atomic E-state index is 0.285. The Bertz CT molecular complexity index is 1370. The molecule has 5 rings (SSSR count). The van der Waals surface area contributed by atoms with E-state index in [2.05, 4.69) is 36.2 Å². The Labute approximate surface area is 207 Å². The van der Waals surface area contributed by atoms with Crippen molar-refractivity contribution in [3.63, 3.8) is 0 Å². The van der Waals surface area contributed by atoms with Gasteiger partial charge in [0.25, 0.3) is 0 Å². The highest BCUT2D eigenvalue weighted by Gasteiger charge is 2.23. The molecule has 5 heterocycles. The summed E-state index contributed by atoms with van der Waals surface area (Å²) in [6, 6.07) is 5.84. The van der Waals surface area contributed by atoms with E-state index < -0.39 is 0 Å². The van der Waals surface area contributed by atoms with Crippen molar-refractivity contribution < 1.29 is 19.3 Å². The zero-order chi connectivity index (χ0) is 25.1. The van der Waals surface area contributed by atoms with E-state index in [1.54, 1.807) is 18.3 Å². The molecular formula is C24H28N9O3+. The third kappa shape index (κ3) is 4.89. The molecule has 0 aromatic carbocycles. The minimum atomic E-state index is -0.285. The zero-order valence-corrected chi connectivity index (χ0v) is 20.4. The number of imidazole rings is 1. The van der Waals surface area contributed by atoms with E-state index in [0.29, 0.717) is 42.8 Å². The number of hydrogen-bond donors (Lipinski definition) is 2. The topological polar surface area (TPSA) is 136 Å². The van der Waals surface area contributed by atoms with Crippen LogP contribution in [-0.4, -0.2) is 81.2 Å². The number of aryl methyl sites for hydroxylation is 1. The molecule has 186 valence electrons. The number of aromatic nitrogens is 6. The van der Waals surface area contributed by atoms with Gasteiger partial charge in [-0.05, 0) is 24.6 Å². The van der Waals surface area contributed by atoms with E-state index in [-0.39, 0.29) is 6.09 Å². The van der Waals surface area contributed by atoms with Gasteiger partial charge in [-0.25, -0.2) is 24.7 Å². The largest absolute Gasteiger partial charge is 0.453 e. The highest BCUT2D eigenvalue weighted by molar-refractivity contribution is 5.91. The van der Waals surface area contributed by atoms with Gasteiger partial charge in [0.15, 0.2) is 11.8 Å². The van der Waals surface area contributed by atoms with Crippen LogP contribution in [0.1, 0.15) is 11.4 Å². The molecule has 0 spiro atoms. The van der Waals surface area contributed by atoms with Crippen LogP contribution in [0.25, 0.3) is 22.4 Å². The summed E-state index contributed by atoms with van der Waals surface area (Å²) in [5.74, 6) is 1.93.